The van der Waals surface area contributed by atoms with Gasteiger partial charge in [-0.15, -0.1) is 0 Å². The molecule has 2 aliphatic rings. The molecule has 0 amide bonds. The summed E-state index contributed by atoms with van der Waals surface area (Å²) in [7, 11) is 1.48. The number of hydrogen-bond donors (Lipinski definition) is 1. The number of hydrogen-bond acceptors (Lipinski definition) is 5. The molecule has 0 spiro atoms. The maximum absolute atomic E-state index is 11.8. The van der Waals surface area contributed by atoms with E-state index in [9.17, 15) is 4.79 Å². The number of carbonyl (C=O) groups excluding carboxylic acids is 1. The molecule has 2 fully saturated rings. The standard InChI is InChI=1S/C16H31N3O2/c1-3-8-17-15(16(20)21-2)7-10-18-11-12-19-9-5-4-6-14(19)13-18/h14-15,17H,3-13H2,1-2H3. The minimum Gasteiger partial charge on any atom is -0.468 e. The molecule has 2 aliphatic heterocycles. The second kappa shape index (κ2) is 8.71. The molecule has 5 nitrogen and oxygen atoms in total. The van der Waals surface area contributed by atoms with Crippen molar-refractivity contribution in [1.82, 2.24) is 15.1 Å². The SMILES string of the molecule is CCCNC(CCN1CCN2CCCCC2C1)C(=O)OC. The van der Waals surface area contributed by atoms with Gasteiger partial charge in [-0.1, -0.05) is 13.3 Å². The zero-order valence-corrected chi connectivity index (χ0v) is 13.6. The Morgan fingerprint density at radius 1 is 1.33 bits per heavy atom. The van der Waals surface area contributed by atoms with Crippen molar-refractivity contribution in [3.63, 3.8) is 0 Å². The van der Waals surface area contributed by atoms with Crippen LogP contribution in [-0.4, -0.2) is 74.2 Å². The quantitative estimate of drug-likeness (QED) is 0.713. The normalized spacial score (nSPS) is 25.3. The lowest BCUT2D eigenvalue weighted by molar-refractivity contribution is -0.143. The van der Waals surface area contributed by atoms with Crippen LogP contribution in [0.25, 0.3) is 0 Å². The summed E-state index contributed by atoms with van der Waals surface area (Å²) in [5.74, 6) is -0.125. The second-order valence-corrected chi connectivity index (χ2v) is 6.30. The number of piperidine rings is 1. The summed E-state index contributed by atoms with van der Waals surface area (Å²) < 4.78 is 4.91. The number of carbonyl (C=O) groups is 1. The molecular formula is C16H31N3O2. The molecule has 122 valence electrons. The highest BCUT2D eigenvalue weighted by Crippen LogP contribution is 2.21. The summed E-state index contributed by atoms with van der Waals surface area (Å²) in [5, 5.41) is 3.30. The van der Waals surface area contributed by atoms with Crippen molar-refractivity contribution in [1.29, 1.82) is 0 Å². The van der Waals surface area contributed by atoms with Crippen molar-refractivity contribution in [3.05, 3.63) is 0 Å². The summed E-state index contributed by atoms with van der Waals surface area (Å²) in [6.07, 6.45) is 5.96. The monoisotopic (exact) mass is 297 g/mol. The lowest BCUT2D eigenvalue weighted by Crippen LogP contribution is -2.55. The molecule has 0 aromatic carbocycles. The summed E-state index contributed by atoms with van der Waals surface area (Å²) in [5.41, 5.74) is 0. The van der Waals surface area contributed by atoms with Gasteiger partial charge in [0.25, 0.3) is 0 Å². The number of fused-ring (bicyclic) bond motifs is 1. The Kier molecular flexibility index (Phi) is 6.93. The Balaban J connectivity index is 1.76. The minimum absolute atomic E-state index is 0.125. The van der Waals surface area contributed by atoms with Crippen LogP contribution in [-0.2, 0) is 9.53 Å². The predicted molar refractivity (Wildman–Crippen MR) is 84.4 cm³/mol. The van der Waals surface area contributed by atoms with Crippen LogP contribution in [0.15, 0.2) is 0 Å². The smallest absolute Gasteiger partial charge is 0.322 e. The first-order valence-corrected chi connectivity index (χ1v) is 8.52. The van der Waals surface area contributed by atoms with Gasteiger partial charge in [-0.05, 0) is 38.8 Å². The molecule has 5 heteroatoms. The van der Waals surface area contributed by atoms with E-state index >= 15 is 0 Å². The fourth-order valence-corrected chi connectivity index (χ4v) is 3.50. The van der Waals surface area contributed by atoms with E-state index in [4.69, 9.17) is 4.74 Å². The Bertz CT molecular complexity index is 325. The summed E-state index contributed by atoms with van der Waals surface area (Å²) in [4.78, 5) is 17.0. The van der Waals surface area contributed by atoms with Crippen molar-refractivity contribution in [2.75, 3.05) is 46.4 Å². The molecule has 2 saturated heterocycles. The molecule has 0 aromatic heterocycles. The maximum Gasteiger partial charge on any atom is 0.322 e. The molecule has 2 unspecified atom stereocenters. The van der Waals surface area contributed by atoms with Gasteiger partial charge in [0.2, 0.25) is 0 Å². The van der Waals surface area contributed by atoms with E-state index in [-0.39, 0.29) is 12.0 Å². The minimum atomic E-state index is -0.153. The van der Waals surface area contributed by atoms with Gasteiger partial charge in [-0.3, -0.25) is 9.69 Å². The number of esters is 1. The van der Waals surface area contributed by atoms with Gasteiger partial charge in [0.1, 0.15) is 6.04 Å². The lowest BCUT2D eigenvalue weighted by Gasteiger charge is -2.44. The van der Waals surface area contributed by atoms with Crippen molar-refractivity contribution in [2.45, 2.75) is 51.1 Å². The van der Waals surface area contributed by atoms with Crippen molar-refractivity contribution in [3.8, 4) is 0 Å². The molecular weight excluding hydrogens is 266 g/mol. The molecule has 0 bridgehead atoms. The van der Waals surface area contributed by atoms with E-state index in [1.165, 1.54) is 46.0 Å². The van der Waals surface area contributed by atoms with Gasteiger partial charge in [-0.25, -0.2) is 0 Å². The number of nitrogens with zero attached hydrogens (tertiary/aromatic N) is 2. The molecule has 1 N–H and O–H groups in total. The fourth-order valence-electron chi connectivity index (χ4n) is 3.50. The third-order valence-electron chi connectivity index (χ3n) is 4.78. The number of nitrogens with one attached hydrogen (secondary N) is 1. The summed E-state index contributed by atoms with van der Waals surface area (Å²) in [6, 6.07) is 0.590. The number of ether oxygens (including phenoxy) is 1. The summed E-state index contributed by atoms with van der Waals surface area (Å²) in [6.45, 7) is 8.75. The van der Waals surface area contributed by atoms with E-state index in [1.54, 1.807) is 0 Å². The zero-order valence-electron chi connectivity index (χ0n) is 13.6. The Labute approximate surface area is 129 Å². The van der Waals surface area contributed by atoms with Crippen molar-refractivity contribution < 1.29 is 9.53 Å². The molecule has 0 aliphatic carbocycles. The van der Waals surface area contributed by atoms with Crippen molar-refractivity contribution in [2.24, 2.45) is 0 Å². The Hall–Kier alpha value is -0.650. The van der Waals surface area contributed by atoms with Crippen LogP contribution in [0, 0.1) is 0 Å². The van der Waals surface area contributed by atoms with Crippen LogP contribution in [0.3, 0.4) is 0 Å². The van der Waals surface area contributed by atoms with E-state index in [1.807, 2.05) is 0 Å². The molecule has 2 atom stereocenters. The average molecular weight is 297 g/mol. The first-order valence-electron chi connectivity index (χ1n) is 8.52. The largest absolute Gasteiger partial charge is 0.468 e. The summed E-state index contributed by atoms with van der Waals surface area (Å²) >= 11 is 0. The molecule has 21 heavy (non-hydrogen) atoms. The van der Waals surface area contributed by atoms with E-state index in [0.29, 0.717) is 0 Å². The van der Waals surface area contributed by atoms with Crippen LogP contribution in [0.2, 0.25) is 0 Å². The van der Waals surface area contributed by atoms with E-state index in [0.717, 1.165) is 38.5 Å². The zero-order chi connectivity index (χ0) is 15.1. The predicted octanol–water partition coefficient (Wildman–Crippen LogP) is 1.09. The topological polar surface area (TPSA) is 44.8 Å². The Morgan fingerprint density at radius 3 is 2.95 bits per heavy atom. The van der Waals surface area contributed by atoms with Crippen LogP contribution < -0.4 is 5.32 Å². The second-order valence-electron chi connectivity index (χ2n) is 6.30. The molecule has 0 aromatic rings. The number of piperazine rings is 1. The van der Waals surface area contributed by atoms with Gasteiger partial charge in [0.05, 0.1) is 7.11 Å². The number of methoxy groups -OCH3 is 1. The van der Waals surface area contributed by atoms with Gasteiger partial charge >= 0.3 is 5.97 Å². The van der Waals surface area contributed by atoms with Crippen LogP contribution >= 0.6 is 0 Å². The first-order chi connectivity index (χ1) is 10.2. The molecule has 0 saturated carbocycles. The number of rotatable bonds is 7. The molecule has 0 radical (unpaired) electrons. The lowest BCUT2D eigenvalue weighted by atomic mass is 9.99. The van der Waals surface area contributed by atoms with E-state index < -0.39 is 0 Å². The van der Waals surface area contributed by atoms with Crippen LogP contribution in [0.4, 0.5) is 0 Å². The molecule has 2 heterocycles. The highest BCUT2D eigenvalue weighted by atomic mass is 16.5. The van der Waals surface area contributed by atoms with Gasteiger partial charge < -0.3 is 15.0 Å². The third-order valence-corrected chi connectivity index (χ3v) is 4.78. The Morgan fingerprint density at radius 2 is 2.19 bits per heavy atom. The average Bonchev–Trinajstić information content (AvgIpc) is 2.54. The maximum atomic E-state index is 11.8. The highest BCUT2D eigenvalue weighted by Gasteiger charge is 2.29. The van der Waals surface area contributed by atoms with E-state index in [2.05, 4.69) is 22.0 Å². The van der Waals surface area contributed by atoms with Crippen LogP contribution in [0.1, 0.15) is 39.0 Å². The highest BCUT2D eigenvalue weighted by molar-refractivity contribution is 5.75. The molecule has 2 rings (SSSR count). The van der Waals surface area contributed by atoms with Gasteiger partial charge in [0, 0.05) is 32.2 Å². The van der Waals surface area contributed by atoms with Crippen LogP contribution in [0.5, 0.6) is 0 Å². The third kappa shape index (κ3) is 4.94. The van der Waals surface area contributed by atoms with Gasteiger partial charge in [0.15, 0.2) is 0 Å². The fraction of sp³-hybridized carbons (Fsp3) is 0.938. The van der Waals surface area contributed by atoms with Crippen molar-refractivity contribution >= 4 is 5.97 Å². The van der Waals surface area contributed by atoms with Gasteiger partial charge in [-0.2, -0.15) is 0 Å². The first kappa shape index (κ1) is 16.7.